The number of nitrogens with two attached hydrogens (primary N) is 1. The molecule has 1 aliphatic rings. The predicted molar refractivity (Wildman–Crippen MR) is 71.4 cm³/mol. The Balaban J connectivity index is 2.28. The maximum Gasteiger partial charge on any atom is 0.343 e. The van der Waals surface area contributed by atoms with E-state index in [1.54, 1.807) is 0 Å². The minimum absolute atomic E-state index is 0.101. The Bertz CT molecular complexity index is 430. The molecule has 2 rings (SSSR count). The Morgan fingerprint density at radius 3 is 2.72 bits per heavy atom. The van der Waals surface area contributed by atoms with Crippen LogP contribution < -0.4 is 11.4 Å². The highest BCUT2D eigenvalue weighted by Gasteiger charge is 2.26. The highest BCUT2D eigenvalue weighted by atomic mass is 16.1. The topological polar surface area (TPSA) is 76.7 Å². The summed E-state index contributed by atoms with van der Waals surface area (Å²) < 4.78 is 1.82. The Hall–Kier alpha value is -1.10. The third kappa shape index (κ3) is 2.51. The Labute approximate surface area is 108 Å². The van der Waals surface area contributed by atoms with Crippen LogP contribution in [0.25, 0.3) is 0 Å². The molecule has 102 valence electrons. The molecule has 0 bridgehead atoms. The van der Waals surface area contributed by atoms with Gasteiger partial charge in [0.15, 0.2) is 5.82 Å². The van der Waals surface area contributed by atoms with Crippen LogP contribution in [0.2, 0.25) is 0 Å². The molecule has 0 spiro atoms. The van der Waals surface area contributed by atoms with Gasteiger partial charge in [-0.05, 0) is 18.8 Å². The molecule has 1 aromatic heterocycles. The van der Waals surface area contributed by atoms with Crippen molar-refractivity contribution >= 4 is 0 Å². The Kier molecular flexibility index (Phi) is 4.22. The number of aromatic amines is 1. The highest BCUT2D eigenvalue weighted by Crippen LogP contribution is 2.29. The predicted octanol–water partition coefficient (Wildman–Crippen LogP) is 2.12. The van der Waals surface area contributed by atoms with Gasteiger partial charge in [0.25, 0.3) is 0 Å². The molecule has 1 aliphatic carbocycles. The first-order chi connectivity index (χ1) is 8.65. The largest absolute Gasteiger partial charge is 0.343 e. The van der Waals surface area contributed by atoms with Gasteiger partial charge in [-0.25, -0.2) is 9.89 Å². The molecule has 0 aliphatic heterocycles. The van der Waals surface area contributed by atoms with Gasteiger partial charge in [-0.3, -0.25) is 4.57 Å². The lowest BCUT2D eigenvalue weighted by Gasteiger charge is -2.26. The lowest BCUT2D eigenvalue weighted by molar-refractivity contribution is 0.322. The molecule has 18 heavy (non-hydrogen) atoms. The van der Waals surface area contributed by atoms with Gasteiger partial charge in [-0.1, -0.05) is 39.5 Å². The summed E-state index contributed by atoms with van der Waals surface area (Å²) in [7, 11) is 0. The maximum atomic E-state index is 11.9. The number of hydrogen-bond donors (Lipinski definition) is 2. The molecule has 5 nitrogen and oxygen atoms in total. The van der Waals surface area contributed by atoms with E-state index in [2.05, 4.69) is 24.0 Å². The Morgan fingerprint density at radius 1 is 1.44 bits per heavy atom. The molecule has 0 saturated heterocycles. The number of nitrogens with zero attached hydrogens (tertiary/aromatic N) is 2. The van der Waals surface area contributed by atoms with Gasteiger partial charge in [-0.2, -0.15) is 5.10 Å². The molecule has 3 N–H and O–H groups in total. The van der Waals surface area contributed by atoms with Crippen molar-refractivity contribution in [3.63, 3.8) is 0 Å². The standard InChI is InChI=1S/C13H24N4O/c1-3-9(2)11(14)12-15-16-13(18)17(12)10-7-5-4-6-8-10/h9-11H,3-8,14H2,1-2H3,(H,16,18)/t9-,11-/m0/s1. The van der Waals surface area contributed by atoms with E-state index in [4.69, 9.17) is 5.73 Å². The van der Waals surface area contributed by atoms with Crippen molar-refractivity contribution in [1.82, 2.24) is 14.8 Å². The van der Waals surface area contributed by atoms with Crippen LogP contribution in [-0.2, 0) is 0 Å². The van der Waals surface area contributed by atoms with E-state index in [1.165, 1.54) is 19.3 Å². The van der Waals surface area contributed by atoms with Crippen LogP contribution in [0.1, 0.15) is 70.3 Å². The second-order valence-electron chi connectivity index (χ2n) is 5.46. The molecule has 1 fully saturated rings. The first-order valence-electron chi connectivity index (χ1n) is 7.07. The average molecular weight is 252 g/mol. The van der Waals surface area contributed by atoms with Crippen molar-refractivity contribution in [3.05, 3.63) is 16.3 Å². The van der Waals surface area contributed by atoms with Gasteiger partial charge in [0.2, 0.25) is 0 Å². The summed E-state index contributed by atoms with van der Waals surface area (Å²) in [4.78, 5) is 11.9. The number of rotatable bonds is 4. The van der Waals surface area contributed by atoms with E-state index >= 15 is 0 Å². The lowest BCUT2D eigenvalue weighted by Crippen LogP contribution is -2.30. The summed E-state index contributed by atoms with van der Waals surface area (Å²) in [5, 5.41) is 6.73. The van der Waals surface area contributed by atoms with Crippen LogP contribution in [0.15, 0.2) is 4.79 Å². The average Bonchev–Trinajstić information content (AvgIpc) is 2.79. The van der Waals surface area contributed by atoms with Crippen molar-refractivity contribution in [2.45, 2.75) is 64.5 Å². The van der Waals surface area contributed by atoms with Gasteiger partial charge in [0.1, 0.15) is 0 Å². The fourth-order valence-electron chi connectivity index (χ4n) is 2.75. The molecular formula is C13H24N4O. The van der Waals surface area contributed by atoms with Crippen molar-refractivity contribution in [1.29, 1.82) is 0 Å². The lowest BCUT2D eigenvalue weighted by atomic mass is 9.94. The third-order valence-electron chi connectivity index (χ3n) is 4.23. The first kappa shape index (κ1) is 13.3. The summed E-state index contributed by atoms with van der Waals surface area (Å²) in [5.41, 5.74) is 6.13. The minimum atomic E-state index is -0.157. The molecule has 1 saturated carbocycles. The van der Waals surface area contributed by atoms with Gasteiger partial charge in [0, 0.05) is 6.04 Å². The normalized spacial score (nSPS) is 20.8. The van der Waals surface area contributed by atoms with E-state index < -0.39 is 0 Å². The maximum absolute atomic E-state index is 11.9. The first-order valence-corrected chi connectivity index (χ1v) is 7.07. The number of aromatic nitrogens is 3. The van der Waals surface area contributed by atoms with Crippen LogP contribution in [0.4, 0.5) is 0 Å². The minimum Gasteiger partial charge on any atom is -0.321 e. The summed E-state index contributed by atoms with van der Waals surface area (Å²) in [6.45, 7) is 4.22. The number of H-pyrrole nitrogens is 1. The highest BCUT2D eigenvalue weighted by molar-refractivity contribution is 4.98. The summed E-state index contributed by atoms with van der Waals surface area (Å²) >= 11 is 0. The summed E-state index contributed by atoms with van der Waals surface area (Å²) in [5.74, 6) is 1.07. The molecule has 0 radical (unpaired) electrons. The monoisotopic (exact) mass is 252 g/mol. The molecule has 2 atom stereocenters. The van der Waals surface area contributed by atoms with Crippen molar-refractivity contribution < 1.29 is 0 Å². The van der Waals surface area contributed by atoms with Crippen LogP contribution in [-0.4, -0.2) is 14.8 Å². The van der Waals surface area contributed by atoms with Crippen LogP contribution in [0, 0.1) is 5.92 Å². The fraction of sp³-hybridized carbons (Fsp3) is 0.846. The van der Waals surface area contributed by atoms with Gasteiger partial charge < -0.3 is 5.73 Å². The van der Waals surface area contributed by atoms with Gasteiger partial charge >= 0.3 is 5.69 Å². The van der Waals surface area contributed by atoms with E-state index in [0.29, 0.717) is 5.92 Å². The summed E-state index contributed by atoms with van der Waals surface area (Å²) in [6.07, 6.45) is 6.79. The SMILES string of the molecule is CC[C@H](C)[C@H](N)c1n[nH]c(=O)n1C1CCCCC1. The molecule has 1 heterocycles. The fourth-order valence-corrected chi connectivity index (χ4v) is 2.75. The zero-order valence-electron chi connectivity index (χ0n) is 11.4. The molecule has 0 amide bonds. The second-order valence-corrected chi connectivity index (χ2v) is 5.46. The van der Waals surface area contributed by atoms with Gasteiger partial charge in [-0.15, -0.1) is 0 Å². The molecular weight excluding hydrogens is 228 g/mol. The quantitative estimate of drug-likeness (QED) is 0.861. The van der Waals surface area contributed by atoms with Crippen LogP contribution in [0.5, 0.6) is 0 Å². The zero-order chi connectivity index (χ0) is 13.1. The van der Waals surface area contributed by atoms with Crippen molar-refractivity contribution in [2.75, 3.05) is 0 Å². The molecule has 1 aromatic rings. The smallest absolute Gasteiger partial charge is 0.321 e. The molecule has 5 heteroatoms. The zero-order valence-corrected chi connectivity index (χ0v) is 11.4. The Morgan fingerprint density at radius 2 is 2.11 bits per heavy atom. The van der Waals surface area contributed by atoms with E-state index in [0.717, 1.165) is 25.1 Å². The van der Waals surface area contributed by atoms with E-state index in [-0.39, 0.29) is 17.8 Å². The van der Waals surface area contributed by atoms with Gasteiger partial charge in [0.05, 0.1) is 6.04 Å². The van der Waals surface area contributed by atoms with E-state index in [9.17, 15) is 4.79 Å². The third-order valence-corrected chi connectivity index (χ3v) is 4.23. The molecule has 0 aromatic carbocycles. The second kappa shape index (κ2) is 5.69. The summed E-state index contributed by atoms with van der Waals surface area (Å²) in [6, 6.07) is 0.131. The van der Waals surface area contributed by atoms with E-state index in [1.807, 2.05) is 4.57 Å². The molecule has 0 unspecified atom stereocenters. The van der Waals surface area contributed by atoms with Crippen molar-refractivity contribution in [2.24, 2.45) is 11.7 Å². The van der Waals surface area contributed by atoms with Crippen molar-refractivity contribution in [3.8, 4) is 0 Å². The van der Waals surface area contributed by atoms with Crippen LogP contribution in [0.3, 0.4) is 0 Å². The van der Waals surface area contributed by atoms with Crippen LogP contribution >= 0.6 is 0 Å². The number of nitrogens with one attached hydrogen (secondary N) is 1. The number of hydrogen-bond acceptors (Lipinski definition) is 3.